The van der Waals surface area contributed by atoms with Crippen LogP contribution in [-0.2, 0) is 6.42 Å². The van der Waals surface area contributed by atoms with E-state index in [1.807, 2.05) is 18.4 Å². The lowest BCUT2D eigenvalue weighted by Gasteiger charge is -2.30. The molecule has 0 saturated carbocycles. The molecule has 2 aromatic rings. The standard InChI is InChI=1S/C18H18N2O5/c1-3-11-5-10-6-17(25-4-2)16(22)7-12(10)14-8-15(21)13(9-20(11)14)18(23)19-24/h6-9,11,22H,3-5H2,1-2H3. The third-order valence-electron chi connectivity index (χ3n) is 4.47. The number of phenolic OH excluding ortho intramolecular Hbond substituents is 1. The number of benzene rings is 1. The monoisotopic (exact) mass is 342 g/mol. The van der Waals surface area contributed by atoms with E-state index in [-0.39, 0.29) is 17.4 Å². The Labute approximate surface area is 143 Å². The molecule has 0 spiro atoms. The van der Waals surface area contributed by atoms with Gasteiger partial charge >= 0.3 is 5.91 Å². The van der Waals surface area contributed by atoms with Crippen LogP contribution < -0.4 is 10.2 Å². The van der Waals surface area contributed by atoms with Crippen molar-refractivity contribution in [3.05, 3.63) is 50.7 Å². The van der Waals surface area contributed by atoms with Crippen LogP contribution in [0.2, 0.25) is 0 Å². The zero-order valence-corrected chi connectivity index (χ0v) is 14.0. The highest BCUT2D eigenvalue weighted by atomic mass is 16.5. The summed E-state index contributed by atoms with van der Waals surface area (Å²) in [6.07, 6.45) is 2.82. The van der Waals surface area contributed by atoms with Gasteiger partial charge in [-0.2, -0.15) is 0 Å². The molecule has 3 rings (SSSR count). The smallest absolute Gasteiger partial charge is 0.322 e. The molecule has 0 saturated heterocycles. The zero-order chi connectivity index (χ0) is 18.1. The lowest BCUT2D eigenvalue weighted by atomic mass is 9.90. The van der Waals surface area contributed by atoms with Crippen molar-refractivity contribution in [2.24, 2.45) is 5.18 Å². The summed E-state index contributed by atoms with van der Waals surface area (Å²) in [6.45, 7) is 4.27. The van der Waals surface area contributed by atoms with Gasteiger partial charge in [0.15, 0.2) is 16.9 Å². The molecule has 2 heterocycles. The fourth-order valence-electron chi connectivity index (χ4n) is 3.26. The molecule has 0 fully saturated rings. The molecule has 1 aromatic carbocycles. The fourth-order valence-corrected chi connectivity index (χ4v) is 3.26. The van der Waals surface area contributed by atoms with Gasteiger partial charge in [0, 0.05) is 29.0 Å². The number of amides is 1. The Kier molecular flexibility index (Phi) is 4.39. The largest absolute Gasteiger partial charge is 0.504 e. The first-order valence-electron chi connectivity index (χ1n) is 8.13. The summed E-state index contributed by atoms with van der Waals surface area (Å²) in [4.78, 5) is 34.3. The van der Waals surface area contributed by atoms with E-state index in [0.717, 1.165) is 12.0 Å². The third kappa shape index (κ3) is 2.82. The minimum Gasteiger partial charge on any atom is -0.504 e. The highest BCUT2D eigenvalue weighted by Gasteiger charge is 2.26. The van der Waals surface area contributed by atoms with Crippen molar-refractivity contribution in [1.82, 2.24) is 4.57 Å². The SMILES string of the molecule is CCOc1cc2c(cc1O)-c1cc(=O)c(C(=O)N=O)cn1C(CC)C2. The summed E-state index contributed by atoms with van der Waals surface area (Å²) in [6, 6.07) is 4.69. The normalized spacial score (nSPS) is 15.2. The second kappa shape index (κ2) is 6.51. The van der Waals surface area contributed by atoms with E-state index in [2.05, 4.69) is 5.18 Å². The van der Waals surface area contributed by atoms with E-state index < -0.39 is 11.3 Å². The van der Waals surface area contributed by atoms with Gasteiger partial charge in [-0.1, -0.05) is 6.92 Å². The number of carbonyl (C=O) groups excluding carboxylic acids is 1. The van der Waals surface area contributed by atoms with Gasteiger partial charge in [-0.15, -0.1) is 4.91 Å². The van der Waals surface area contributed by atoms with E-state index >= 15 is 0 Å². The van der Waals surface area contributed by atoms with Gasteiger partial charge in [-0.25, -0.2) is 0 Å². The molecule has 1 unspecified atom stereocenters. The summed E-state index contributed by atoms with van der Waals surface area (Å²) in [7, 11) is 0. The summed E-state index contributed by atoms with van der Waals surface area (Å²) < 4.78 is 7.25. The number of hydrogen-bond donors (Lipinski definition) is 1. The molecule has 1 N–H and O–H groups in total. The molecule has 0 bridgehead atoms. The van der Waals surface area contributed by atoms with Gasteiger partial charge in [-0.05, 0) is 37.5 Å². The first-order chi connectivity index (χ1) is 12.0. The van der Waals surface area contributed by atoms with Crippen LogP contribution in [0.3, 0.4) is 0 Å². The quantitative estimate of drug-likeness (QED) is 0.861. The topological polar surface area (TPSA) is 98.0 Å². The minimum atomic E-state index is -1.07. The average Bonchev–Trinajstić information content (AvgIpc) is 2.61. The summed E-state index contributed by atoms with van der Waals surface area (Å²) in [5.74, 6) is -0.677. The number of phenols is 1. The third-order valence-corrected chi connectivity index (χ3v) is 4.47. The maximum absolute atomic E-state index is 12.2. The molecule has 1 amide bonds. The van der Waals surface area contributed by atoms with Gasteiger partial charge in [0.1, 0.15) is 5.56 Å². The molecule has 7 nitrogen and oxygen atoms in total. The van der Waals surface area contributed by atoms with Crippen LogP contribution in [-0.4, -0.2) is 22.2 Å². The molecule has 130 valence electrons. The fraction of sp³-hybridized carbons (Fsp3) is 0.333. The molecule has 0 aliphatic carbocycles. The highest BCUT2D eigenvalue weighted by Crippen LogP contribution is 2.41. The molecule has 1 atom stereocenters. The van der Waals surface area contributed by atoms with E-state index in [4.69, 9.17) is 4.74 Å². The second-order valence-electron chi connectivity index (χ2n) is 5.92. The van der Waals surface area contributed by atoms with E-state index in [1.54, 1.807) is 12.1 Å². The zero-order valence-electron chi connectivity index (χ0n) is 14.0. The second-order valence-corrected chi connectivity index (χ2v) is 5.92. The Hall–Kier alpha value is -2.96. The average molecular weight is 342 g/mol. The molecule has 25 heavy (non-hydrogen) atoms. The van der Waals surface area contributed by atoms with Gasteiger partial charge in [0.05, 0.1) is 12.3 Å². The lowest BCUT2D eigenvalue weighted by Crippen LogP contribution is -2.25. The molecule has 7 heteroatoms. The van der Waals surface area contributed by atoms with Gasteiger partial charge in [-0.3, -0.25) is 9.59 Å². The number of hydrogen-bond acceptors (Lipinski definition) is 5. The number of nitroso groups, excluding NO2 is 1. The Morgan fingerprint density at radius 2 is 2.12 bits per heavy atom. The number of ether oxygens (including phenoxy) is 1. The van der Waals surface area contributed by atoms with Crippen molar-refractivity contribution < 1.29 is 14.6 Å². The van der Waals surface area contributed by atoms with Gasteiger partial charge in [0.2, 0.25) is 0 Å². The molecule has 0 radical (unpaired) electrons. The number of aromatic hydroxyl groups is 1. The van der Waals surface area contributed by atoms with Crippen molar-refractivity contribution in [2.75, 3.05) is 6.61 Å². The first-order valence-corrected chi connectivity index (χ1v) is 8.13. The molecular weight excluding hydrogens is 324 g/mol. The van der Waals surface area contributed by atoms with Crippen molar-refractivity contribution in [3.8, 4) is 22.8 Å². The van der Waals surface area contributed by atoms with Crippen LogP contribution in [0.25, 0.3) is 11.3 Å². The predicted molar refractivity (Wildman–Crippen MR) is 92.1 cm³/mol. The van der Waals surface area contributed by atoms with E-state index in [9.17, 15) is 19.6 Å². The van der Waals surface area contributed by atoms with Crippen LogP contribution in [0.15, 0.2) is 34.4 Å². The number of fused-ring (bicyclic) bond motifs is 3. The molecule has 1 aliphatic rings. The van der Waals surface area contributed by atoms with Crippen molar-refractivity contribution in [2.45, 2.75) is 32.7 Å². The number of pyridine rings is 1. The summed E-state index contributed by atoms with van der Waals surface area (Å²) >= 11 is 0. The van der Waals surface area contributed by atoms with Crippen LogP contribution in [0, 0.1) is 4.91 Å². The number of nitrogens with zero attached hydrogens (tertiary/aromatic N) is 2. The van der Waals surface area contributed by atoms with Gasteiger partial charge < -0.3 is 14.4 Å². The van der Waals surface area contributed by atoms with Crippen LogP contribution in [0.4, 0.5) is 0 Å². The number of carbonyl (C=O) groups is 1. The predicted octanol–water partition coefficient (Wildman–Crippen LogP) is 3.03. The molecule has 1 aliphatic heterocycles. The van der Waals surface area contributed by atoms with Crippen LogP contribution in [0.1, 0.15) is 42.2 Å². The summed E-state index contributed by atoms with van der Waals surface area (Å²) in [5, 5.41) is 12.5. The van der Waals surface area contributed by atoms with Crippen LogP contribution in [0.5, 0.6) is 11.5 Å². The van der Waals surface area contributed by atoms with E-state index in [1.165, 1.54) is 12.3 Å². The molecule has 1 aromatic heterocycles. The maximum Gasteiger partial charge on any atom is 0.322 e. The van der Waals surface area contributed by atoms with Crippen molar-refractivity contribution in [3.63, 3.8) is 0 Å². The Bertz CT molecular complexity index is 916. The summed E-state index contributed by atoms with van der Waals surface area (Å²) in [5.41, 5.74) is 1.46. The van der Waals surface area contributed by atoms with Gasteiger partial charge in [0.25, 0.3) is 0 Å². The highest BCUT2D eigenvalue weighted by molar-refractivity contribution is 5.94. The molecular formula is C18H18N2O5. The van der Waals surface area contributed by atoms with E-state index in [0.29, 0.717) is 30.0 Å². The Morgan fingerprint density at radius 1 is 1.36 bits per heavy atom. The number of rotatable bonds is 4. The Morgan fingerprint density at radius 3 is 2.76 bits per heavy atom. The van der Waals surface area contributed by atoms with Crippen molar-refractivity contribution >= 4 is 5.91 Å². The minimum absolute atomic E-state index is 0.00995. The van der Waals surface area contributed by atoms with Crippen LogP contribution >= 0.6 is 0 Å². The Balaban J connectivity index is 2.24. The maximum atomic E-state index is 12.2. The lowest BCUT2D eigenvalue weighted by molar-refractivity contribution is 0.0999. The first kappa shape index (κ1) is 16.9. The van der Waals surface area contributed by atoms with Crippen molar-refractivity contribution in [1.29, 1.82) is 0 Å². The number of aromatic nitrogens is 1.